The molecule has 2 N–H and O–H groups in total. The van der Waals surface area contributed by atoms with Gasteiger partial charge in [0.05, 0.1) is 6.10 Å². The number of hydrogen-bond donors (Lipinski definition) is 2. The summed E-state index contributed by atoms with van der Waals surface area (Å²) in [6.45, 7) is 3.66. The molecule has 0 aliphatic carbocycles. The van der Waals surface area contributed by atoms with Crippen molar-refractivity contribution in [3.8, 4) is 11.5 Å². The number of fused-ring (bicyclic) bond motifs is 1. The Bertz CT molecular complexity index is 571. The van der Waals surface area contributed by atoms with Crippen molar-refractivity contribution in [3.63, 3.8) is 0 Å². The number of carboxylic acids is 1. The molecule has 0 bridgehead atoms. The van der Waals surface area contributed by atoms with Gasteiger partial charge in [-0.1, -0.05) is 0 Å². The van der Waals surface area contributed by atoms with Crippen LogP contribution >= 0.6 is 11.3 Å². The second-order valence-corrected chi connectivity index (χ2v) is 4.96. The zero-order chi connectivity index (χ0) is 12.6. The number of carbonyl (C=O) groups is 1. The third-order valence-electron chi connectivity index (χ3n) is 2.17. The summed E-state index contributed by atoms with van der Waals surface area (Å²) in [5, 5.41) is 19.2. The lowest BCUT2D eigenvalue weighted by Gasteiger charge is -2.09. The standard InChI is InChI=1S/C12H12O4S/c1-6(2)16-10-8-5-7(13)3-4-9(8)17-11(10)12(14)15/h3-6,13H,1-2H3,(H,14,15). The zero-order valence-corrected chi connectivity index (χ0v) is 10.2. The third kappa shape index (κ3) is 2.19. The number of benzene rings is 1. The molecule has 0 aliphatic rings. The number of phenolic OH excluding ortho intramolecular Hbond substituents is 1. The van der Waals surface area contributed by atoms with Gasteiger partial charge in [-0.3, -0.25) is 0 Å². The highest BCUT2D eigenvalue weighted by Crippen LogP contribution is 2.39. The summed E-state index contributed by atoms with van der Waals surface area (Å²) in [6.07, 6.45) is -0.117. The van der Waals surface area contributed by atoms with Gasteiger partial charge in [-0.15, -0.1) is 11.3 Å². The molecule has 90 valence electrons. The van der Waals surface area contributed by atoms with Crippen molar-refractivity contribution in [1.29, 1.82) is 0 Å². The Labute approximate surface area is 102 Å². The second-order valence-electron chi connectivity index (χ2n) is 3.91. The lowest BCUT2D eigenvalue weighted by molar-refractivity contribution is 0.0697. The smallest absolute Gasteiger partial charge is 0.349 e. The molecule has 2 rings (SSSR count). The fourth-order valence-corrected chi connectivity index (χ4v) is 2.51. The first-order chi connectivity index (χ1) is 7.99. The maximum absolute atomic E-state index is 11.1. The van der Waals surface area contributed by atoms with Crippen molar-refractivity contribution in [2.24, 2.45) is 0 Å². The van der Waals surface area contributed by atoms with Crippen molar-refractivity contribution in [3.05, 3.63) is 23.1 Å². The largest absolute Gasteiger partial charge is 0.508 e. The number of thiophene rings is 1. The minimum absolute atomic E-state index is 0.0980. The van der Waals surface area contributed by atoms with E-state index in [1.807, 2.05) is 13.8 Å². The van der Waals surface area contributed by atoms with Crippen LogP contribution in [0.2, 0.25) is 0 Å². The van der Waals surface area contributed by atoms with Crippen LogP contribution in [0.5, 0.6) is 11.5 Å². The number of carboxylic acid groups (broad SMARTS) is 1. The lowest BCUT2D eigenvalue weighted by atomic mass is 10.2. The molecule has 0 radical (unpaired) electrons. The molecule has 0 spiro atoms. The van der Waals surface area contributed by atoms with Gasteiger partial charge >= 0.3 is 5.97 Å². The number of aromatic carboxylic acids is 1. The van der Waals surface area contributed by atoms with E-state index in [4.69, 9.17) is 9.84 Å². The molecule has 0 unspecified atom stereocenters. The summed E-state index contributed by atoms with van der Waals surface area (Å²) in [6, 6.07) is 4.74. The quantitative estimate of drug-likeness (QED) is 0.880. The van der Waals surface area contributed by atoms with Gasteiger partial charge in [0.25, 0.3) is 0 Å². The summed E-state index contributed by atoms with van der Waals surface area (Å²) in [4.78, 5) is 11.3. The molecule has 5 heteroatoms. The average molecular weight is 252 g/mol. The molecule has 0 fully saturated rings. The Morgan fingerprint density at radius 2 is 2.12 bits per heavy atom. The first-order valence-corrected chi connectivity index (χ1v) is 5.96. The molecule has 2 aromatic rings. The van der Waals surface area contributed by atoms with Crippen LogP contribution in [-0.2, 0) is 0 Å². The number of aromatic hydroxyl groups is 1. The van der Waals surface area contributed by atoms with E-state index in [1.165, 1.54) is 12.1 Å². The summed E-state index contributed by atoms with van der Waals surface area (Å²) in [7, 11) is 0. The van der Waals surface area contributed by atoms with E-state index in [0.717, 1.165) is 16.0 Å². The van der Waals surface area contributed by atoms with E-state index in [2.05, 4.69) is 0 Å². The van der Waals surface area contributed by atoms with Crippen molar-refractivity contribution in [1.82, 2.24) is 0 Å². The predicted molar refractivity (Wildman–Crippen MR) is 66.2 cm³/mol. The van der Waals surface area contributed by atoms with Gasteiger partial charge in [-0.05, 0) is 32.0 Å². The molecule has 0 saturated carbocycles. The van der Waals surface area contributed by atoms with Crippen molar-refractivity contribution >= 4 is 27.4 Å². The Hall–Kier alpha value is -1.75. The van der Waals surface area contributed by atoms with Crippen LogP contribution in [0.25, 0.3) is 10.1 Å². The summed E-state index contributed by atoms with van der Waals surface area (Å²) >= 11 is 1.15. The van der Waals surface area contributed by atoms with Gasteiger partial charge in [-0.25, -0.2) is 4.79 Å². The van der Waals surface area contributed by atoms with E-state index in [1.54, 1.807) is 6.07 Å². The Balaban J connectivity index is 2.68. The summed E-state index contributed by atoms with van der Waals surface area (Å²) in [5.74, 6) is -0.578. The highest BCUT2D eigenvalue weighted by atomic mass is 32.1. The minimum Gasteiger partial charge on any atom is -0.508 e. The third-order valence-corrected chi connectivity index (χ3v) is 3.31. The van der Waals surface area contributed by atoms with Gasteiger partial charge in [-0.2, -0.15) is 0 Å². The average Bonchev–Trinajstić information content (AvgIpc) is 2.56. The second kappa shape index (κ2) is 4.25. The van der Waals surface area contributed by atoms with Gasteiger partial charge in [0, 0.05) is 10.1 Å². The van der Waals surface area contributed by atoms with Crippen molar-refractivity contribution in [2.75, 3.05) is 0 Å². The molecule has 0 saturated heterocycles. The minimum atomic E-state index is -1.01. The first kappa shape index (κ1) is 11.7. The highest BCUT2D eigenvalue weighted by molar-refractivity contribution is 7.21. The normalized spacial score (nSPS) is 11.0. The van der Waals surface area contributed by atoms with Crippen molar-refractivity contribution < 1.29 is 19.7 Å². The molecule has 0 aliphatic heterocycles. The number of hydrogen-bond acceptors (Lipinski definition) is 4. The van der Waals surface area contributed by atoms with Crippen LogP contribution in [0.1, 0.15) is 23.5 Å². The van der Waals surface area contributed by atoms with Gasteiger partial charge in [0.1, 0.15) is 5.75 Å². The van der Waals surface area contributed by atoms with E-state index < -0.39 is 5.97 Å². The maximum atomic E-state index is 11.1. The van der Waals surface area contributed by atoms with Crippen LogP contribution in [0, 0.1) is 0 Å². The SMILES string of the molecule is CC(C)Oc1c(C(=O)O)sc2ccc(O)cc12. The number of rotatable bonds is 3. The Kier molecular flexibility index (Phi) is 2.93. The summed E-state index contributed by atoms with van der Waals surface area (Å²) in [5.41, 5.74) is 0. The Morgan fingerprint density at radius 3 is 2.71 bits per heavy atom. The number of ether oxygens (including phenoxy) is 1. The molecule has 0 atom stereocenters. The molecule has 17 heavy (non-hydrogen) atoms. The highest BCUT2D eigenvalue weighted by Gasteiger charge is 2.20. The molecule has 0 amide bonds. The Morgan fingerprint density at radius 1 is 1.41 bits per heavy atom. The van der Waals surface area contributed by atoms with E-state index in [0.29, 0.717) is 11.1 Å². The van der Waals surface area contributed by atoms with E-state index in [9.17, 15) is 9.90 Å². The number of phenols is 1. The van der Waals surface area contributed by atoms with Gasteiger partial charge < -0.3 is 14.9 Å². The fraction of sp³-hybridized carbons (Fsp3) is 0.250. The van der Waals surface area contributed by atoms with Crippen LogP contribution in [0.15, 0.2) is 18.2 Å². The molecule has 1 aromatic heterocycles. The monoisotopic (exact) mass is 252 g/mol. The first-order valence-electron chi connectivity index (χ1n) is 5.14. The summed E-state index contributed by atoms with van der Waals surface area (Å²) < 4.78 is 6.32. The van der Waals surface area contributed by atoms with Crippen molar-refractivity contribution in [2.45, 2.75) is 20.0 Å². The zero-order valence-electron chi connectivity index (χ0n) is 9.43. The van der Waals surface area contributed by atoms with Crippen LogP contribution in [0.4, 0.5) is 0 Å². The molecular weight excluding hydrogens is 240 g/mol. The molecular formula is C12H12O4S. The van der Waals surface area contributed by atoms with Crippen LogP contribution in [0.3, 0.4) is 0 Å². The maximum Gasteiger partial charge on any atom is 0.349 e. The predicted octanol–water partition coefficient (Wildman–Crippen LogP) is 3.09. The van der Waals surface area contributed by atoms with Crippen LogP contribution in [-0.4, -0.2) is 22.3 Å². The molecule has 1 heterocycles. The van der Waals surface area contributed by atoms with Gasteiger partial charge in [0.15, 0.2) is 10.6 Å². The van der Waals surface area contributed by atoms with Crippen LogP contribution < -0.4 is 4.74 Å². The molecule has 1 aromatic carbocycles. The van der Waals surface area contributed by atoms with E-state index >= 15 is 0 Å². The van der Waals surface area contributed by atoms with Gasteiger partial charge in [0.2, 0.25) is 0 Å². The molecule has 4 nitrogen and oxygen atoms in total. The topological polar surface area (TPSA) is 66.8 Å². The van der Waals surface area contributed by atoms with E-state index in [-0.39, 0.29) is 16.7 Å². The fourth-order valence-electron chi connectivity index (χ4n) is 1.56. The lowest BCUT2D eigenvalue weighted by Crippen LogP contribution is -2.08.